The average Bonchev–Trinajstić information content (AvgIpc) is 2.76. The molecule has 74 valence electrons. The highest BCUT2D eigenvalue weighted by Crippen LogP contribution is 2.39. The Morgan fingerprint density at radius 1 is 1.21 bits per heavy atom. The number of aromatic nitrogens is 2. The molecular formula is C10H14N4. The molecule has 0 atom stereocenters. The second-order valence-corrected chi connectivity index (χ2v) is 4.14. The maximum Gasteiger partial charge on any atom is 0.221 e. The van der Waals surface area contributed by atoms with E-state index < -0.39 is 0 Å². The zero-order valence-electron chi connectivity index (χ0n) is 8.06. The van der Waals surface area contributed by atoms with E-state index >= 15 is 0 Å². The largest absolute Gasteiger partial charge is 0.368 e. The topological polar surface area (TPSA) is 55.0 Å². The third-order valence-corrected chi connectivity index (χ3v) is 3.38. The maximum atomic E-state index is 5.59. The van der Waals surface area contributed by atoms with Gasteiger partial charge in [-0.05, 0) is 31.7 Å². The monoisotopic (exact) mass is 190 g/mol. The summed E-state index contributed by atoms with van der Waals surface area (Å²) in [7, 11) is 0. The number of hydrogen-bond donors (Lipinski definition) is 1. The van der Waals surface area contributed by atoms with Gasteiger partial charge < -0.3 is 10.6 Å². The van der Waals surface area contributed by atoms with E-state index in [1.165, 1.54) is 25.7 Å². The van der Waals surface area contributed by atoms with Gasteiger partial charge in [-0.2, -0.15) is 4.98 Å². The lowest BCUT2D eigenvalue weighted by Crippen LogP contribution is -2.29. The molecule has 14 heavy (non-hydrogen) atoms. The summed E-state index contributed by atoms with van der Waals surface area (Å²) in [5.74, 6) is 1.40. The summed E-state index contributed by atoms with van der Waals surface area (Å²) < 4.78 is 0. The first-order valence-corrected chi connectivity index (χ1v) is 5.21. The highest BCUT2D eigenvalue weighted by molar-refractivity contribution is 5.46. The third kappa shape index (κ3) is 1.06. The van der Waals surface area contributed by atoms with Crippen molar-refractivity contribution >= 4 is 11.8 Å². The van der Waals surface area contributed by atoms with Gasteiger partial charge in [-0.25, -0.2) is 4.98 Å². The normalized spacial score (nSPS) is 29.9. The molecule has 2 N–H and O–H groups in total. The molecule has 0 aromatic carbocycles. The van der Waals surface area contributed by atoms with Crippen LogP contribution in [0.25, 0.3) is 0 Å². The average molecular weight is 190 g/mol. The van der Waals surface area contributed by atoms with Crippen molar-refractivity contribution in [3.8, 4) is 0 Å². The van der Waals surface area contributed by atoms with Crippen molar-refractivity contribution in [2.45, 2.75) is 37.8 Å². The molecule has 3 heterocycles. The van der Waals surface area contributed by atoms with E-state index in [0.29, 0.717) is 18.0 Å². The Balaban J connectivity index is 1.95. The van der Waals surface area contributed by atoms with Crippen molar-refractivity contribution in [3.05, 3.63) is 12.3 Å². The fourth-order valence-corrected chi connectivity index (χ4v) is 2.79. The molecule has 0 unspecified atom stereocenters. The Morgan fingerprint density at radius 3 is 2.43 bits per heavy atom. The molecule has 2 bridgehead atoms. The van der Waals surface area contributed by atoms with Crippen LogP contribution in [0.3, 0.4) is 0 Å². The number of hydrogen-bond acceptors (Lipinski definition) is 4. The van der Waals surface area contributed by atoms with Crippen molar-refractivity contribution in [3.63, 3.8) is 0 Å². The molecule has 2 fully saturated rings. The summed E-state index contributed by atoms with van der Waals surface area (Å²) in [5.41, 5.74) is 5.59. The Morgan fingerprint density at radius 2 is 1.86 bits per heavy atom. The smallest absolute Gasteiger partial charge is 0.221 e. The predicted octanol–water partition coefficient (Wildman–Crippen LogP) is 1.19. The van der Waals surface area contributed by atoms with Crippen LogP contribution in [0.5, 0.6) is 0 Å². The van der Waals surface area contributed by atoms with E-state index in [1.54, 1.807) is 6.20 Å². The standard InChI is InChI=1S/C10H14N4/c11-10-12-6-5-9(13-10)14-7-1-2-8(14)4-3-7/h5-8H,1-4H2,(H2,11,12,13). The van der Waals surface area contributed by atoms with Crippen LogP contribution in [0.2, 0.25) is 0 Å². The van der Waals surface area contributed by atoms with Crippen molar-refractivity contribution in [2.24, 2.45) is 0 Å². The molecule has 0 amide bonds. The number of anilines is 2. The van der Waals surface area contributed by atoms with Crippen LogP contribution < -0.4 is 10.6 Å². The van der Waals surface area contributed by atoms with Crippen LogP contribution in [0.4, 0.5) is 11.8 Å². The van der Waals surface area contributed by atoms with Crippen molar-refractivity contribution in [2.75, 3.05) is 10.6 Å². The van der Waals surface area contributed by atoms with E-state index in [9.17, 15) is 0 Å². The number of nitrogen functional groups attached to an aromatic ring is 1. The molecule has 0 aliphatic carbocycles. The first-order chi connectivity index (χ1) is 6.84. The van der Waals surface area contributed by atoms with Gasteiger partial charge in [0.05, 0.1) is 0 Å². The van der Waals surface area contributed by atoms with Crippen LogP contribution >= 0.6 is 0 Å². The van der Waals surface area contributed by atoms with Crippen molar-refractivity contribution in [1.82, 2.24) is 9.97 Å². The molecule has 2 aliphatic heterocycles. The number of nitrogens with zero attached hydrogens (tertiary/aromatic N) is 3. The SMILES string of the molecule is Nc1nccc(N2C3CCC2CC3)n1. The number of nitrogens with two attached hydrogens (primary N) is 1. The van der Waals surface area contributed by atoms with Gasteiger partial charge >= 0.3 is 0 Å². The van der Waals surface area contributed by atoms with Crippen molar-refractivity contribution < 1.29 is 0 Å². The second kappa shape index (κ2) is 2.83. The number of rotatable bonds is 1. The van der Waals surface area contributed by atoms with E-state index in [-0.39, 0.29) is 0 Å². The minimum atomic E-state index is 0.383. The van der Waals surface area contributed by atoms with Crippen LogP contribution in [-0.2, 0) is 0 Å². The molecular weight excluding hydrogens is 176 g/mol. The van der Waals surface area contributed by atoms with Crippen molar-refractivity contribution in [1.29, 1.82) is 0 Å². The van der Waals surface area contributed by atoms with Crippen LogP contribution in [-0.4, -0.2) is 22.1 Å². The zero-order chi connectivity index (χ0) is 9.54. The Bertz CT molecular complexity index is 332. The molecule has 4 nitrogen and oxygen atoms in total. The lowest BCUT2D eigenvalue weighted by atomic mass is 10.0. The summed E-state index contributed by atoms with van der Waals surface area (Å²) in [6.45, 7) is 0. The summed E-state index contributed by atoms with van der Waals surface area (Å²) in [6.07, 6.45) is 7.00. The van der Waals surface area contributed by atoms with Gasteiger partial charge in [-0.3, -0.25) is 0 Å². The highest BCUT2D eigenvalue weighted by Gasteiger charge is 2.39. The zero-order valence-corrected chi connectivity index (χ0v) is 8.06. The minimum Gasteiger partial charge on any atom is -0.368 e. The van der Waals surface area contributed by atoms with E-state index in [0.717, 1.165) is 5.82 Å². The molecule has 2 saturated heterocycles. The fourth-order valence-electron chi connectivity index (χ4n) is 2.79. The molecule has 2 aliphatic rings. The van der Waals surface area contributed by atoms with Gasteiger partial charge in [-0.1, -0.05) is 0 Å². The van der Waals surface area contributed by atoms with Gasteiger partial charge in [0.25, 0.3) is 0 Å². The fraction of sp³-hybridized carbons (Fsp3) is 0.600. The first kappa shape index (κ1) is 8.03. The Hall–Kier alpha value is -1.32. The second-order valence-electron chi connectivity index (χ2n) is 4.14. The highest BCUT2D eigenvalue weighted by atomic mass is 15.3. The van der Waals surface area contributed by atoms with Gasteiger partial charge in [0.1, 0.15) is 5.82 Å². The first-order valence-electron chi connectivity index (χ1n) is 5.21. The van der Waals surface area contributed by atoms with E-state index in [2.05, 4.69) is 14.9 Å². The van der Waals surface area contributed by atoms with Gasteiger partial charge in [-0.15, -0.1) is 0 Å². The van der Waals surface area contributed by atoms with Gasteiger partial charge in [0.15, 0.2) is 0 Å². The quantitative estimate of drug-likeness (QED) is 0.722. The van der Waals surface area contributed by atoms with Crippen LogP contribution in [0.15, 0.2) is 12.3 Å². The van der Waals surface area contributed by atoms with Gasteiger partial charge in [0.2, 0.25) is 5.95 Å². The molecule has 1 aromatic heterocycles. The lowest BCUT2D eigenvalue weighted by molar-refractivity contribution is 0.576. The summed E-state index contributed by atoms with van der Waals surface area (Å²) in [4.78, 5) is 10.6. The predicted molar refractivity (Wildman–Crippen MR) is 55.0 cm³/mol. The summed E-state index contributed by atoms with van der Waals surface area (Å²) >= 11 is 0. The molecule has 4 heteroatoms. The Labute approximate surface area is 83.1 Å². The summed E-state index contributed by atoms with van der Waals surface area (Å²) in [6, 6.07) is 3.37. The molecule has 0 spiro atoms. The summed E-state index contributed by atoms with van der Waals surface area (Å²) in [5, 5.41) is 0. The molecule has 0 saturated carbocycles. The molecule has 3 rings (SSSR count). The van der Waals surface area contributed by atoms with Gasteiger partial charge in [0, 0.05) is 18.3 Å². The van der Waals surface area contributed by atoms with Crippen LogP contribution in [0.1, 0.15) is 25.7 Å². The van der Waals surface area contributed by atoms with Crippen LogP contribution in [0, 0.1) is 0 Å². The Kier molecular flexibility index (Phi) is 1.63. The minimum absolute atomic E-state index is 0.383. The number of fused-ring (bicyclic) bond motifs is 2. The van der Waals surface area contributed by atoms with E-state index in [4.69, 9.17) is 5.73 Å². The molecule has 1 aromatic rings. The molecule has 0 radical (unpaired) electrons. The van der Waals surface area contributed by atoms with E-state index in [1.807, 2.05) is 6.07 Å². The lowest BCUT2D eigenvalue weighted by Gasteiger charge is -2.22. The third-order valence-electron chi connectivity index (χ3n) is 3.38. The maximum absolute atomic E-state index is 5.59.